The highest BCUT2D eigenvalue weighted by atomic mass is 16.7. The third-order valence-corrected chi connectivity index (χ3v) is 4.03. The van der Waals surface area contributed by atoms with Gasteiger partial charge in [0.25, 0.3) is 0 Å². The summed E-state index contributed by atoms with van der Waals surface area (Å²) in [4.78, 5) is 4.81. The summed E-state index contributed by atoms with van der Waals surface area (Å²) in [6.07, 6.45) is 9.94. The summed E-state index contributed by atoms with van der Waals surface area (Å²) in [6, 6.07) is 0. The van der Waals surface area contributed by atoms with Crippen LogP contribution in [0, 0.1) is 0 Å². The maximum absolute atomic E-state index is 5.73. The van der Waals surface area contributed by atoms with E-state index < -0.39 is 0 Å². The molecule has 0 fully saturated rings. The minimum Gasteiger partial charge on any atom is -0.340 e. The van der Waals surface area contributed by atoms with Gasteiger partial charge in [0.05, 0.1) is 0 Å². The van der Waals surface area contributed by atoms with Crippen molar-refractivity contribution in [3.63, 3.8) is 0 Å². The summed E-state index contributed by atoms with van der Waals surface area (Å²) >= 11 is 0. The fourth-order valence-corrected chi connectivity index (χ4v) is 2.40. The Hall–Kier alpha value is -0.160. The minimum absolute atomic E-state index is 0. The van der Waals surface area contributed by atoms with E-state index in [-0.39, 0.29) is 14.9 Å². The number of ether oxygens (including phenoxy) is 2. The van der Waals surface area contributed by atoms with Crippen molar-refractivity contribution < 1.29 is 9.47 Å². The third kappa shape index (κ3) is 20.0. The number of rotatable bonds is 18. The van der Waals surface area contributed by atoms with E-state index >= 15 is 0 Å². The molecule has 0 aliphatic carbocycles. The summed E-state index contributed by atoms with van der Waals surface area (Å²) < 4.78 is 11.5. The van der Waals surface area contributed by atoms with Crippen LogP contribution >= 0.6 is 0 Å². The van der Waals surface area contributed by atoms with E-state index in [0.29, 0.717) is 20.3 Å². The molecule has 0 aliphatic rings. The second-order valence-corrected chi connectivity index (χ2v) is 6.43. The largest absolute Gasteiger partial charge is 0.340 e. The van der Waals surface area contributed by atoms with E-state index in [1.54, 1.807) is 0 Å². The van der Waals surface area contributed by atoms with Crippen molar-refractivity contribution in [3.05, 3.63) is 0 Å². The molecule has 0 aliphatic heterocycles. The zero-order chi connectivity index (χ0) is 17.2. The molecule has 0 aromatic heterocycles. The lowest BCUT2D eigenvalue weighted by atomic mass is 10.3. The van der Waals surface area contributed by atoms with Gasteiger partial charge in [-0.1, -0.05) is 68.2 Å². The molecule has 0 amide bonds. The van der Waals surface area contributed by atoms with Gasteiger partial charge in [-0.15, -0.1) is 0 Å². The fourth-order valence-electron chi connectivity index (χ4n) is 2.40. The van der Waals surface area contributed by atoms with Crippen LogP contribution in [0.15, 0.2) is 0 Å². The molecular formula is C21H50N2O2. The van der Waals surface area contributed by atoms with Gasteiger partial charge in [0.1, 0.15) is 20.3 Å². The van der Waals surface area contributed by atoms with Crippen molar-refractivity contribution in [1.29, 1.82) is 0 Å². The lowest BCUT2D eigenvalue weighted by molar-refractivity contribution is -0.116. The molecule has 0 unspecified atom stereocenters. The molecule has 0 saturated carbocycles. The lowest BCUT2D eigenvalue weighted by Crippen LogP contribution is -2.31. The second kappa shape index (κ2) is 23.8. The highest BCUT2D eigenvalue weighted by molar-refractivity contribution is 4.54. The van der Waals surface area contributed by atoms with Gasteiger partial charge in [0.15, 0.2) is 0 Å². The molecule has 0 radical (unpaired) electrons. The minimum atomic E-state index is 0. The van der Waals surface area contributed by atoms with Crippen LogP contribution in [-0.4, -0.2) is 56.2 Å². The summed E-state index contributed by atoms with van der Waals surface area (Å²) in [5.41, 5.74) is 0. The molecule has 0 saturated heterocycles. The molecule has 0 bridgehead atoms. The molecule has 25 heavy (non-hydrogen) atoms. The predicted molar refractivity (Wildman–Crippen MR) is 113 cm³/mol. The summed E-state index contributed by atoms with van der Waals surface area (Å²) in [7, 11) is 0. The second-order valence-electron chi connectivity index (χ2n) is 6.43. The molecule has 0 aromatic carbocycles. The molecular weight excluding hydrogens is 312 g/mol. The Morgan fingerprint density at radius 1 is 0.520 bits per heavy atom. The molecule has 0 spiro atoms. The summed E-state index contributed by atoms with van der Waals surface area (Å²) in [5.74, 6) is 0. The van der Waals surface area contributed by atoms with Crippen molar-refractivity contribution in [3.8, 4) is 0 Å². The first-order valence-electron chi connectivity index (χ1n) is 9.88. The zero-order valence-corrected chi connectivity index (χ0v) is 16.3. The predicted octanol–water partition coefficient (Wildman–Crippen LogP) is 5.97. The standard InChI is InChI=1S/C19H42N2O2.2CH4/c1-5-9-13-20(14-10-6-2)17-22-19-23-18-21(15-11-7-3)16-12-8-4;;/h5-19H2,1-4H3;2*1H4. The van der Waals surface area contributed by atoms with Gasteiger partial charge < -0.3 is 9.47 Å². The highest BCUT2D eigenvalue weighted by Crippen LogP contribution is 2.01. The molecule has 4 heteroatoms. The Morgan fingerprint density at radius 3 is 1.04 bits per heavy atom. The van der Waals surface area contributed by atoms with E-state index in [2.05, 4.69) is 37.5 Å². The van der Waals surface area contributed by atoms with Gasteiger partial charge in [-0.05, 0) is 25.7 Å². The molecule has 156 valence electrons. The van der Waals surface area contributed by atoms with Gasteiger partial charge in [-0.2, -0.15) is 0 Å². The first-order chi connectivity index (χ1) is 11.3. The van der Waals surface area contributed by atoms with Crippen LogP contribution in [0.2, 0.25) is 0 Å². The Kier molecular flexibility index (Phi) is 28.2. The Labute approximate surface area is 160 Å². The monoisotopic (exact) mass is 362 g/mol. The van der Waals surface area contributed by atoms with Gasteiger partial charge in [0.2, 0.25) is 0 Å². The average Bonchev–Trinajstić information content (AvgIpc) is 2.57. The first kappa shape index (κ1) is 29.6. The molecule has 0 atom stereocenters. The van der Waals surface area contributed by atoms with Crippen molar-refractivity contribution in [2.75, 3.05) is 46.4 Å². The summed E-state index contributed by atoms with van der Waals surface area (Å²) in [5, 5.41) is 0. The number of nitrogens with zero attached hydrogens (tertiary/aromatic N) is 2. The third-order valence-electron chi connectivity index (χ3n) is 4.03. The van der Waals surface area contributed by atoms with Crippen molar-refractivity contribution >= 4 is 0 Å². The number of hydrogen-bond acceptors (Lipinski definition) is 4. The highest BCUT2D eigenvalue weighted by Gasteiger charge is 2.06. The van der Waals surface area contributed by atoms with Crippen LogP contribution in [-0.2, 0) is 9.47 Å². The topological polar surface area (TPSA) is 24.9 Å². The van der Waals surface area contributed by atoms with E-state index in [1.165, 1.54) is 51.4 Å². The Balaban J connectivity index is -0.00000242. The fraction of sp³-hybridized carbons (Fsp3) is 1.00. The molecule has 0 heterocycles. The lowest BCUT2D eigenvalue weighted by Gasteiger charge is -2.23. The Bertz CT molecular complexity index is 190. The van der Waals surface area contributed by atoms with Crippen LogP contribution in [0.4, 0.5) is 0 Å². The zero-order valence-electron chi connectivity index (χ0n) is 16.3. The van der Waals surface area contributed by atoms with Crippen LogP contribution in [0.25, 0.3) is 0 Å². The van der Waals surface area contributed by atoms with Gasteiger partial charge >= 0.3 is 0 Å². The molecule has 4 nitrogen and oxygen atoms in total. The van der Waals surface area contributed by atoms with Gasteiger partial charge in [0, 0.05) is 26.2 Å². The van der Waals surface area contributed by atoms with Crippen molar-refractivity contribution in [2.24, 2.45) is 0 Å². The van der Waals surface area contributed by atoms with Crippen molar-refractivity contribution in [2.45, 2.75) is 93.9 Å². The normalized spacial score (nSPS) is 10.8. The average molecular weight is 363 g/mol. The molecule has 0 aromatic rings. The molecule has 0 N–H and O–H groups in total. The van der Waals surface area contributed by atoms with Gasteiger partial charge in [-0.3, -0.25) is 9.80 Å². The van der Waals surface area contributed by atoms with Crippen LogP contribution in [0.1, 0.15) is 93.9 Å². The van der Waals surface area contributed by atoms with Crippen molar-refractivity contribution in [1.82, 2.24) is 9.80 Å². The summed E-state index contributed by atoms with van der Waals surface area (Å²) in [6.45, 7) is 15.3. The first-order valence-corrected chi connectivity index (χ1v) is 9.88. The van der Waals surface area contributed by atoms with Crippen LogP contribution < -0.4 is 0 Å². The van der Waals surface area contributed by atoms with Crippen LogP contribution in [0.3, 0.4) is 0 Å². The van der Waals surface area contributed by atoms with E-state index in [1.807, 2.05) is 0 Å². The quantitative estimate of drug-likeness (QED) is 0.221. The van der Waals surface area contributed by atoms with Crippen LogP contribution in [0.5, 0.6) is 0 Å². The number of hydrogen-bond donors (Lipinski definition) is 0. The van der Waals surface area contributed by atoms with Gasteiger partial charge in [-0.25, -0.2) is 0 Å². The van der Waals surface area contributed by atoms with E-state index in [4.69, 9.17) is 9.47 Å². The smallest absolute Gasteiger partial charge is 0.150 e. The number of unbranched alkanes of at least 4 members (excludes halogenated alkanes) is 4. The Morgan fingerprint density at radius 2 is 0.800 bits per heavy atom. The molecule has 0 rings (SSSR count). The SMILES string of the molecule is C.C.CCCCN(CCCC)COCOCN(CCCC)CCCC. The van der Waals surface area contributed by atoms with E-state index in [0.717, 1.165) is 26.2 Å². The maximum atomic E-state index is 5.73. The van der Waals surface area contributed by atoms with E-state index in [9.17, 15) is 0 Å². The maximum Gasteiger partial charge on any atom is 0.150 e.